The second kappa shape index (κ2) is 7.39. The number of rotatable bonds is 5. The van der Waals surface area contributed by atoms with Gasteiger partial charge < -0.3 is 0 Å². The van der Waals surface area contributed by atoms with Crippen molar-refractivity contribution in [1.29, 1.82) is 0 Å². The SMILES string of the molecule is Cc1ccc(-c2nc(CSc3nnnn3-c3ccccc3C)cs2)cc1. The number of hydrogen-bond donors (Lipinski definition) is 0. The summed E-state index contributed by atoms with van der Waals surface area (Å²) in [6.07, 6.45) is 0. The van der Waals surface area contributed by atoms with Gasteiger partial charge in [-0.1, -0.05) is 59.8 Å². The molecule has 0 bridgehead atoms. The van der Waals surface area contributed by atoms with Crippen LogP contribution >= 0.6 is 23.1 Å². The summed E-state index contributed by atoms with van der Waals surface area (Å²) in [5, 5.41) is 16.0. The van der Waals surface area contributed by atoms with E-state index in [9.17, 15) is 0 Å². The molecule has 0 aliphatic heterocycles. The van der Waals surface area contributed by atoms with Crippen molar-refractivity contribution in [2.45, 2.75) is 24.8 Å². The van der Waals surface area contributed by atoms with E-state index in [1.54, 1.807) is 27.8 Å². The molecule has 2 aromatic carbocycles. The molecule has 26 heavy (non-hydrogen) atoms. The van der Waals surface area contributed by atoms with Crippen LogP contribution in [0.4, 0.5) is 0 Å². The van der Waals surface area contributed by atoms with Gasteiger partial charge in [0.1, 0.15) is 5.01 Å². The predicted molar refractivity (Wildman–Crippen MR) is 106 cm³/mol. The highest BCUT2D eigenvalue weighted by Crippen LogP contribution is 2.28. The Hall–Kier alpha value is -2.51. The lowest BCUT2D eigenvalue weighted by atomic mass is 10.2. The van der Waals surface area contributed by atoms with E-state index in [2.05, 4.69) is 65.1 Å². The topological polar surface area (TPSA) is 56.5 Å². The Labute approximate surface area is 160 Å². The first kappa shape index (κ1) is 16.9. The second-order valence-electron chi connectivity index (χ2n) is 5.96. The maximum Gasteiger partial charge on any atom is 0.214 e. The Morgan fingerprint density at radius 1 is 1.04 bits per heavy atom. The number of hydrogen-bond acceptors (Lipinski definition) is 6. The van der Waals surface area contributed by atoms with Crippen molar-refractivity contribution in [3.63, 3.8) is 0 Å². The predicted octanol–water partition coefficient (Wildman–Crippen LogP) is 4.69. The lowest BCUT2D eigenvalue weighted by molar-refractivity contribution is 0.752. The molecule has 2 aromatic heterocycles. The van der Waals surface area contributed by atoms with Crippen molar-refractivity contribution in [2.75, 3.05) is 0 Å². The van der Waals surface area contributed by atoms with Crippen LogP contribution in [-0.2, 0) is 5.75 Å². The molecule has 0 radical (unpaired) electrons. The lowest BCUT2D eigenvalue weighted by Gasteiger charge is -2.06. The van der Waals surface area contributed by atoms with Crippen LogP contribution in [0.5, 0.6) is 0 Å². The standard InChI is InChI=1S/C19H17N5S2/c1-13-7-9-15(10-8-13)18-20-16(11-25-18)12-26-19-21-22-23-24(19)17-6-4-3-5-14(17)2/h3-11H,12H2,1-2H3. The third-order valence-electron chi connectivity index (χ3n) is 3.98. The number of thiazole rings is 1. The lowest BCUT2D eigenvalue weighted by Crippen LogP contribution is -2.01. The average Bonchev–Trinajstić information content (AvgIpc) is 3.30. The minimum Gasteiger partial charge on any atom is -0.240 e. The molecule has 0 amide bonds. The fourth-order valence-corrected chi connectivity index (χ4v) is 4.27. The molecule has 0 aliphatic carbocycles. The maximum atomic E-state index is 4.75. The zero-order valence-corrected chi connectivity index (χ0v) is 16.1. The van der Waals surface area contributed by atoms with E-state index in [0.29, 0.717) is 0 Å². The Balaban J connectivity index is 1.50. The third kappa shape index (κ3) is 3.54. The first-order chi connectivity index (χ1) is 12.7. The first-order valence-electron chi connectivity index (χ1n) is 8.19. The van der Waals surface area contributed by atoms with Gasteiger partial charge in [0.2, 0.25) is 5.16 Å². The van der Waals surface area contributed by atoms with Crippen LogP contribution in [0.25, 0.3) is 16.3 Å². The van der Waals surface area contributed by atoms with Crippen LogP contribution < -0.4 is 0 Å². The molecule has 7 heteroatoms. The van der Waals surface area contributed by atoms with E-state index in [1.165, 1.54) is 5.56 Å². The highest BCUT2D eigenvalue weighted by atomic mass is 32.2. The molecule has 0 unspecified atom stereocenters. The zero-order chi connectivity index (χ0) is 17.9. The number of benzene rings is 2. The van der Waals surface area contributed by atoms with Gasteiger partial charge in [-0.05, 0) is 35.9 Å². The quantitative estimate of drug-likeness (QED) is 0.471. The van der Waals surface area contributed by atoms with Crippen LogP contribution in [0.15, 0.2) is 59.1 Å². The Morgan fingerprint density at radius 3 is 2.65 bits per heavy atom. The highest BCUT2D eigenvalue weighted by molar-refractivity contribution is 7.98. The van der Waals surface area contributed by atoms with Crippen molar-refractivity contribution in [2.24, 2.45) is 0 Å². The largest absolute Gasteiger partial charge is 0.240 e. The number of nitrogens with zero attached hydrogens (tertiary/aromatic N) is 5. The molecular formula is C19H17N5S2. The van der Waals surface area contributed by atoms with Gasteiger partial charge in [-0.15, -0.1) is 16.4 Å². The van der Waals surface area contributed by atoms with Crippen molar-refractivity contribution < 1.29 is 0 Å². The summed E-state index contributed by atoms with van der Waals surface area (Å²) >= 11 is 3.26. The molecule has 4 rings (SSSR count). The fraction of sp³-hybridized carbons (Fsp3) is 0.158. The molecule has 0 fully saturated rings. The molecule has 2 heterocycles. The van der Waals surface area contributed by atoms with Crippen LogP contribution in [0.1, 0.15) is 16.8 Å². The van der Waals surface area contributed by atoms with Gasteiger partial charge in [0.15, 0.2) is 0 Å². The molecule has 0 atom stereocenters. The van der Waals surface area contributed by atoms with Gasteiger partial charge in [-0.2, -0.15) is 4.68 Å². The summed E-state index contributed by atoms with van der Waals surface area (Å²) in [5.74, 6) is 0.731. The molecule has 0 aliphatic rings. The minimum atomic E-state index is 0.731. The Kier molecular flexibility index (Phi) is 4.81. The molecule has 0 saturated heterocycles. The van der Waals surface area contributed by atoms with Gasteiger partial charge in [-0.3, -0.25) is 0 Å². The van der Waals surface area contributed by atoms with Gasteiger partial charge in [-0.25, -0.2) is 4.98 Å². The van der Waals surface area contributed by atoms with Crippen molar-refractivity contribution in [1.82, 2.24) is 25.2 Å². The number of para-hydroxylation sites is 1. The Bertz CT molecular complexity index is 1020. The van der Waals surface area contributed by atoms with Gasteiger partial charge >= 0.3 is 0 Å². The number of tetrazole rings is 1. The molecule has 0 spiro atoms. The number of thioether (sulfide) groups is 1. The van der Waals surface area contributed by atoms with E-state index in [0.717, 1.165) is 38.4 Å². The van der Waals surface area contributed by atoms with Crippen molar-refractivity contribution in [3.8, 4) is 16.3 Å². The normalized spacial score (nSPS) is 11.0. The maximum absolute atomic E-state index is 4.75. The summed E-state index contributed by atoms with van der Waals surface area (Å²) in [6.45, 7) is 4.14. The van der Waals surface area contributed by atoms with Crippen LogP contribution in [0.3, 0.4) is 0 Å². The molecule has 0 saturated carbocycles. The molecular weight excluding hydrogens is 362 g/mol. The number of aryl methyl sites for hydroxylation is 2. The zero-order valence-electron chi connectivity index (χ0n) is 14.5. The second-order valence-corrected chi connectivity index (χ2v) is 7.76. The van der Waals surface area contributed by atoms with Gasteiger partial charge in [0, 0.05) is 16.7 Å². The molecule has 5 nitrogen and oxygen atoms in total. The van der Waals surface area contributed by atoms with Crippen LogP contribution in [-0.4, -0.2) is 25.2 Å². The number of aromatic nitrogens is 5. The summed E-state index contributed by atoms with van der Waals surface area (Å²) in [5.41, 5.74) is 5.58. The molecule has 0 N–H and O–H groups in total. The first-order valence-corrected chi connectivity index (χ1v) is 10.1. The highest BCUT2D eigenvalue weighted by Gasteiger charge is 2.12. The summed E-state index contributed by atoms with van der Waals surface area (Å²) in [6, 6.07) is 16.5. The van der Waals surface area contributed by atoms with E-state index >= 15 is 0 Å². The average molecular weight is 380 g/mol. The summed E-state index contributed by atoms with van der Waals surface area (Å²) in [4.78, 5) is 4.75. The van der Waals surface area contributed by atoms with E-state index in [1.807, 2.05) is 18.2 Å². The summed E-state index contributed by atoms with van der Waals surface area (Å²) < 4.78 is 1.78. The monoisotopic (exact) mass is 379 g/mol. The van der Waals surface area contributed by atoms with Gasteiger partial charge in [0.25, 0.3) is 0 Å². The Morgan fingerprint density at radius 2 is 1.85 bits per heavy atom. The minimum absolute atomic E-state index is 0.731. The van der Waals surface area contributed by atoms with Crippen LogP contribution in [0.2, 0.25) is 0 Å². The van der Waals surface area contributed by atoms with Crippen LogP contribution in [0, 0.1) is 13.8 Å². The molecule has 4 aromatic rings. The smallest absolute Gasteiger partial charge is 0.214 e. The fourth-order valence-electron chi connectivity index (χ4n) is 2.56. The van der Waals surface area contributed by atoms with Crippen molar-refractivity contribution in [3.05, 3.63) is 70.7 Å². The van der Waals surface area contributed by atoms with E-state index in [4.69, 9.17) is 4.98 Å². The molecule has 130 valence electrons. The van der Waals surface area contributed by atoms with Crippen molar-refractivity contribution >= 4 is 23.1 Å². The van der Waals surface area contributed by atoms with E-state index in [-0.39, 0.29) is 0 Å². The van der Waals surface area contributed by atoms with Gasteiger partial charge in [0.05, 0.1) is 11.4 Å². The van der Waals surface area contributed by atoms with E-state index < -0.39 is 0 Å². The summed E-state index contributed by atoms with van der Waals surface area (Å²) in [7, 11) is 0. The third-order valence-corrected chi connectivity index (χ3v) is 5.88.